The van der Waals surface area contributed by atoms with E-state index in [1.54, 1.807) is 11.8 Å². The third-order valence-electron chi connectivity index (χ3n) is 6.04. The lowest BCUT2D eigenvalue weighted by Crippen LogP contribution is -2.28. The highest BCUT2D eigenvalue weighted by molar-refractivity contribution is 7.17. The molecule has 2 heterocycles. The van der Waals surface area contributed by atoms with Gasteiger partial charge >= 0.3 is 5.97 Å². The van der Waals surface area contributed by atoms with Crippen molar-refractivity contribution in [1.82, 2.24) is 0 Å². The summed E-state index contributed by atoms with van der Waals surface area (Å²) in [5.41, 5.74) is 4.47. The second-order valence-electron chi connectivity index (χ2n) is 8.32. The second-order valence-corrected chi connectivity index (χ2v) is 9.43. The van der Waals surface area contributed by atoms with Gasteiger partial charge in [0.15, 0.2) is 0 Å². The molecular weight excluding hydrogens is 412 g/mol. The molecule has 2 aliphatic rings. The average Bonchev–Trinajstić information content (AvgIpc) is 3.30. The monoisotopic (exact) mass is 440 g/mol. The molecular formula is C24H28N2O4S. The lowest BCUT2D eigenvalue weighted by Gasteiger charge is -2.19. The van der Waals surface area contributed by atoms with Crippen LogP contribution in [-0.4, -0.2) is 30.9 Å². The maximum atomic E-state index is 13.1. The fraction of sp³-hybridized carbons (Fsp3) is 0.458. The van der Waals surface area contributed by atoms with Crippen molar-refractivity contribution in [2.75, 3.05) is 23.4 Å². The van der Waals surface area contributed by atoms with E-state index in [1.807, 2.05) is 32.0 Å². The number of rotatable bonds is 5. The second kappa shape index (κ2) is 8.83. The summed E-state index contributed by atoms with van der Waals surface area (Å²) < 4.78 is 5.27. The first-order valence-electron chi connectivity index (χ1n) is 10.9. The van der Waals surface area contributed by atoms with Crippen LogP contribution in [0.1, 0.15) is 58.1 Å². The summed E-state index contributed by atoms with van der Waals surface area (Å²) in [6.45, 7) is 6.37. The number of nitrogens with one attached hydrogen (secondary N) is 1. The highest BCUT2D eigenvalue weighted by Gasteiger charge is 2.37. The van der Waals surface area contributed by atoms with Gasteiger partial charge in [0.05, 0.1) is 18.1 Å². The quantitative estimate of drug-likeness (QED) is 0.699. The number of benzene rings is 1. The summed E-state index contributed by atoms with van der Waals surface area (Å²) in [7, 11) is 0. The van der Waals surface area contributed by atoms with Gasteiger partial charge in [0, 0.05) is 23.5 Å². The van der Waals surface area contributed by atoms with E-state index < -0.39 is 5.92 Å². The Balaban J connectivity index is 1.55. The topological polar surface area (TPSA) is 75.7 Å². The molecule has 0 spiro atoms. The van der Waals surface area contributed by atoms with Crippen molar-refractivity contribution in [3.05, 3.63) is 45.3 Å². The van der Waals surface area contributed by atoms with E-state index in [4.69, 9.17) is 4.74 Å². The van der Waals surface area contributed by atoms with E-state index in [0.29, 0.717) is 23.7 Å². The zero-order valence-corrected chi connectivity index (χ0v) is 19.1. The van der Waals surface area contributed by atoms with E-state index in [1.165, 1.54) is 11.3 Å². The maximum absolute atomic E-state index is 13.1. The van der Waals surface area contributed by atoms with Gasteiger partial charge in [-0.3, -0.25) is 9.59 Å². The van der Waals surface area contributed by atoms with Gasteiger partial charge in [0.1, 0.15) is 5.00 Å². The van der Waals surface area contributed by atoms with Crippen molar-refractivity contribution in [2.24, 2.45) is 5.92 Å². The molecule has 31 heavy (non-hydrogen) atoms. The van der Waals surface area contributed by atoms with E-state index >= 15 is 0 Å². The summed E-state index contributed by atoms with van der Waals surface area (Å²) in [6.07, 6.45) is 4.04. The van der Waals surface area contributed by atoms with Gasteiger partial charge in [-0.15, -0.1) is 11.3 Å². The summed E-state index contributed by atoms with van der Waals surface area (Å²) in [5.74, 6) is -1.10. The molecule has 6 nitrogen and oxygen atoms in total. The molecule has 1 aromatic carbocycles. The number of esters is 1. The molecule has 1 unspecified atom stereocenters. The molecule has 1 aliphatic heterocycles. The predicted molar refractivity (Wildman–Crippen MR) is 122 cm³/mol. The van der Waals surface area contributed by atoms with Gasteiger partial charge in [-0.05, 0) is 69.2 Å². The number of ether oxygens (including phenoxy) is 1. The number of carbonyl (C=O) groups excluding carboxylic acids is 3. The zero-order chi connectivity index (χ0) is 22.1. The highest BCUT2D eigenvalue weighted by atomic mass is 32.1. The number of fused-ring (bicyclic) bond motifs is 1. The van der Waals surface area contributed by atoms with Crippen molar-refractivity contribution in [3.63, 3.8) is 0 Å². The highest BCUT2D eigenvalue weighted by Crippen LogP contribution is 2.39. The first kappa shape index (κ1) is 21.6. The number of amides is 2. The van der Waals surface area contributed by atoms with Gasteiger partial charge in [-0.2, -0.15) is 0 Å². The van der Waals surface area contributed by atoms with Crippen LogP contribution in [0.4, 0.5) is 10.7 Å². The molecule has 4 rings (SSSR count). The zero-order valence-electron chi connectivity index (χ0n) is 18.2. The number of thiophene rings is 1. The lowest BCUT2D eigenvalue weighted by molar-refractivity contribution is -0.122. The summed E-state index contributed by atoms with van der Waals surface area (Å²) in [6, 6.07) is 5.99. The fourth-order valence-electron chi connectivity index (χ4n) is 4.41. The van der Waals surface area contributed by atoms with Crippen LogP contribution in [-0.2, 0) is 27.2 Å². The smallest absolute Gasteiger partial charge is 0.341 e. The van der Waals surface area contributed by atoms with E-state index in [-0.39, 0.29) is 24.2 Å². The molecule has 1 saturated heterocycles. The molecule has 2 aromatic rings. The van der Waals surface area contributed by atoms with Crippen molar-refractivity contribution < 1.29 is 19.1 Å². The Kier molecular flexibility index (Phi) is 6.14. The average molecular weight is 441 g/mol. The van der Waals surface area contributed by atoms with Crippen molar-refractivity contribution in [3.8, 4) is 0 Å². The molecule has 2 amide bonds. The van der Waals surface area contributed by atoms with Crippen molar-refractivity contribution >= 4 is 39.8 Å². The summed E-state index contributed by atoms with van der Waals surface area (Å²) in [5, 5.41) is 3.53. The van der Waals surface area contributed by atoms with Gasteiger partial charge < -0.3 is 15.0 Å². The van der Waals surface area contributed by atoms with E-state index in [9.17, 15) is 14.4 Å². The molecule has 1 atom stereocenters. The summed E-state index contributed by atoms with van der Waals surface area (Å²) >= 11 is 1.47. The van der Waals surface area contributed by atoms with Crippen LogP contribution in [0.25, 0.3) is 0 Å². The lowest BCUT2D eigenvalue weighted by atomic mass is 9.95. The first-order valence-corrected chi connectivity index (χ1v) is 11.7. The SMILES string of the molecule is CCOC(=O)c1c(NC(=O)C2CC(=O)N(c3cc(C)ccc3C)C2)sc2c1CCCC2. The largest absolute Gasteiger partial charge is 0.462 e. The van der Waals surface area contributed by atoms with Crippen LogP contribution >= 0.6 is 11.3 Å². The minimum Gasteiger partial charge on any atom is -0.462 e. The van der Waals surface area contributed by atoms with E-state index in [0.717, 1.165) is 52.9 Å². The van der Waals surface area contributed by atoms with Gasteiger partial charge in [-0.1, -0.05) is 12.1 Å². The van der Waals surface area contributed by atoms with Crippen molar-refractivity contribution in [2.45, 2.75) is 52.9 Å². The number of hydrogen-bond donors (Lipinski definition) is 1. The number of anilines is 2. The van der Waals surface area contributed by atoms with Gasteiger partial charge in [0.2, 0.25) is 11.8 Å². The van der Waals surface area contributed by atoms with Crippen LogP contribution < -0.4 is 10.2 Å². The van der Waals surface area contributed by atoms with Crippen LogP contribution in [0.2, 0.25) is 0 Å². The van der Waals surface area contributed by atoms with Crippen LogP contribution in [0.5, 0.6) is 0 Å². The first-order chi connectivity index (χ1) is 14.9. The molecule has 1 aliphatic carbocycles. The third kappa shape index (κ3) is 4.24. The normalized spacial score (nSPS) is 18.1. The van der Waals surface area contributed by atoms with Crippen molar-refractivity contribution in [1.29, 1.82) is 0 Å². The fourth-order valence-corrected chi connectivity index (χ4v) is 5.69. The Morgan fingerprint density at radius 1 is 1.23 bits per heavy atom. The Bertz CT molecular complexity index is 1040. The molecule has 0 radical (unpaired) electrons. The third-order valence-corrected chi connectivity index (χ3v) is 7.25. The van der Waals surface area contributed by atoms with Gasteiger partial charge in [0.25, 0.3) is 0 Å². The minimum absolute atomic E-state index is 0.0510. The summed E-state index contributed by atoms with van der Waals surface area (Å²) in [4.78, 5) is 41.3. The Morgan fingerprint density at radius 2 is 2.00 bits per heavy atom. The number of nitrogens with zero attached hydrogens (tertiary/aromatic N) is 1. The molecule has 1 fully saturated rings. The standard InChI is InChI=1S/C24H28N2O4S/c1-4-30-24(29)21-17-7-5-6-8-19(17)31-23(21)25-22(28)16-12-20(27)26(13-16)18-11-14(2)9-10-15(18)3/h9-11,16H,4-8,12-13H2,1-3H3,(H,25,28). The molecule has 164 valence electrons. The predicted octanol–water partition coefficient (Wildman–Crippen LogP) is 4.41. The molecule has 1 N–H and O–H groups in total. The van der Waals surface area contributed by atoms with Gasteiger partial charge in [-0.25, -0.2) is 4.79 Å². The number of carbonyl (C=O) groups is 3. The van der Waals surface area contributed by atoms with Crippen LogP contribution in [0, 0.1) is 19.8 Å². The molecule has 0 bridgehead atoms. The number of hydrogen-bond acceptors (Lipinski definition) is 5. The van der Waals surface area contributed by atoms with E-state index in [2.05, 4.69) is 5.32 Å². The minimum atomic E-state index is -0.457. The Labute approximate surface area is 186 Å². The van der Waals surface area contributed by atoms with Crippen LogP contribution in [0.3, 0.4) is 0 Å². The Morgan fingerprint density at radius 3 is 2.77 bits per heavy atom. The molecule has 7 heteroatoms. The maximum Gasteiger partial charge on any atom is 0.341 e. The number of aryl methyl sites for hydroxylation is 3. The van der Waals surface area contributed by atoms with Crippen LogP contribution in [0.15, 0.2) is 18.2 Å². The Hall–Kier alpha value is -2.67. The molecule has 1 aromatic heterocycles. The molecule has 0 saturated carbocycles.